The van der Waals surface area contributed by atoms with Crippen molar-refractivity contribution in [3.8, 4) is 11.5 Å². The number of nitrogen functional groups attached to an aromatic ring is 1. The largest absolute Gasteiger partial charge is 0.434 e. The molecule has 3 aromatic rings. The standard InChI is InChI=1S/C13H10BrN3O/c1-7-5-8(6-9(14)11(7)15)13-17-12-10(18-13)3-2-4-16-12/h2-6H,15H2,1H3. The summed E-state index contributed by atoms with van der Waals surface area (Å²) in [7, 11) is 0. The van der Waals surface area contributed by atoms with Crippen LogP contribution >= 0.6 is 15.9 Å². The number of benzene rings is 1. The lowest BCUT2D eigenvalue weighted by Crippen LogP contribution is -1.92. The second kappa shape index (κ2) is 4.10. The number of anilines is 1. The molecule has 18 heavy (non-hydrogen) atoms. The van der Waals surface area contributed by atoms with Gasteiger partial charge in [0.05, 0.1) is 0 Å². The summed E-state index contributed by atoms with van der Waals surface area (Å²) in [6, 6.07) is 7.51. The quantitative estimate of drug-likeness (QED) is 0.698. The van der Waals surface area contributed by atoms with Crippen LogP contribution in [0.3, 0.4) is 0 Å². The molecule has 0 saturated heterocycles. The molecule has 0 aliphatic rings. The van der Waals surface area contributed by atoms with E-state index in [2.05, 4.69) is 25.9 Å². The number of aryl methyl sites for hydroxylation is 1. The number of pyridine rings is 1. The fraction of sp³-hybridized carbons (Fsp3) is 0.0769. The predicted molar refractivity (Wildman–Crippen MR) is 74.1 cm³/mol. The van der Waals surface area contributed by atoms with Gasteiger partial charge in [0.15, 0.2) is 11.2 Å². The number of halogens is 1. The van der Waals surface area contributed by atoms with E-state index in [-0.39, 0.29) is 0 Å². The highest BCUT2D eigenvalue weighted by Crippen LogP contribution is 2.31. The first-order valence-corrected chi connectivity index (χ1v) is 6.22. The number of oxazole rings is 1. The molecule has 2 N–H and O–H groups in total. The minimum Gasteiger partial charge on any atom is -0.434 e. The SMILES string of the molecule is Cc1cc(-c2nc3ncccc3o2)cc(Br)c1N. The van der Waals surface area contributed by atoms with Crippen LogP contribution in [0, 0.1) is 6.92 Å². The highest BCUT2D eigenvalue weighted by atomic mass is 79.9. The molecule has 0 bridgehead atoms. The maximum Gasteiger partial charge on any atom is 0.228 e. The van der Waals surface area contributed by atoms with Crippen molar-refractivity contribution < 1.29 is 4.42 Å². The van der Waals surface area contributed by atoms with Crippen molar-refractivity contribution in [2.45, 2.75) is 6.92 Å². The molecule has 0 spiro atoms. The zero-order chi connectivity index (χ0) is 12.7. The Morgan fingerprint density at radius 2 is 2.17 bits per heavy atom. The smallest absolute Gasteiger partial charge is 0.228 e. The van der Waals surface area contributed by atoms with Crippen LogP contribution in [0.25, 0.3) is 22.7 Å². The van der Waals surface area contributed by atoms with E-state index >= 15 is 0 Å². The van der Waals surface area contributed by atoms with Crippen molar-refractivity contribution in [3.63, 3.8) is 0 Å². The zero-order valence-corrected chi connectivity index (χ0v) is 11.2. The van der Waals surface area contributed by atoms with E-state index in [1.807, 2.05) is 31.2 Å². The third-order valence-electron chi connectivity index (χ3n) is 2.75. The van der Waals surface area contributed by atoms with Crippen molar-refractivity contribution in [2.24, 2.45) is 0 Å². The number of hydrogen-bond donors (Lipinski definition) is 1. The van der Waals surface area contributed by atoms with Gasteiger partial charge in [0, 0.05) is 21.9 Å². The minimum atomic E-state index is 0.549. The van der Waals surface area contributed by atoms with E-state index < -0.39 is 0 Å². The maximum atomic E-state index is 5.89. The molecule has 0 amide bonds. The van der Waals surface area contributed by atoms with E-state index in [0.717, 1.165) is 21.3 Å². The Morgan fingerprint density at radius 3 is 2.89 bits per heavy atom. The Morgan fingerprint density at radius 1 is 1.33 bits per heavy atom. The molecule has 4 nitrogen and oxygen atoms in total. The Bertz CT molecular complexity index is 680. The molecule has 0 aliphatic heterocycles. The first-order valence-electron chi connectivity index (χ1n) is 5.42. The average molecular weight is 304 g/mol. The summed E-state index contributed by atoms with van der Waals surface area (Å²) < 4.78 is 6.51. The third-order valence-corrected chi connectivity index (χ3v) is 3.40. The summed E-state index contributed by atoms with van der Waals surface area (Å²) in [5.74, 6) is 0.549. The highest BCUT2D eigenvalue weighted by Gasteiger charge is 2.11. The van der Waals surface area contributed by atoms with E-state index in [4.69, 9.17) is 10.2 Å². The molecule has 90 valence electrons. The summed E-state index contributed by atoms with van der Waals surface area (Å²) in [6.07, 6.45) is 1.69. The molecule has 1 aromatic carbocycles. The summed E-state index contributed by atoms with van der Waals surface area (Å²) >= 11 is 3.43. The van der Waals surface area contributed by atoms with Gasteiger partial charge < -0.3 is 10.2 Å². The molecule has 5 heteroatoms. The number of fused-ring (bicyclic) bond motifs is 1. The molecule has 0 atom stereocenters. The summed E-state index contributed by atoms with van der Waals surface area (Å²) in [6.45, 7) is 1.95. The molecular formula is C13H10BrN3O. The van der Waals surface area contributed by atoms with Crippen LogP contribution in [0.4, 0.5) is 5.69 Å². The van der Waals surface area contributed by atoms with Crippen molar-refractivity contribution in [1.29, 1.82) is 0 Å². The minimum absolute atomic E-state index is 0.549. The van der Waals surface area contributed by atoms with Crippen molar-refractivity contribution in [3.05, 3.63) is 40.5 Å². The van der Waals surface area contributed by atoms with Gasteiger partial charge in [-0.3, -0.25) is 0 Å². The van der Waals surface area contributed by atoms with E-state index in [0.29, 0.717) is 17.1 Å². The Hall–Kier alpha value is -1.88. The molecule has 0 saturated carbocycles. The predicted octanol–water partition coefficient (Wildman–Crippen LogP) is 3.54. The van der Waals surface area contributed by atoms with Gasteiger partial charge in [-0.15, -0.1) is 0 Å². The topological polar surface area (TPSA) is 64.9 Å². The first kappa shape index (κ1) is 11.2. The maximum absolute atomic E-state index is 5.89. The summed E-state index contributed by atoms with van der Waals surface area (Å²) in [4.78, 5) is 8.50. The lowest BCUT2D eigenvalue weighted by molar-refractivity contribution is 0.619. The molecule has 2 aromatic heterocycles. The molecule has 0 unspecified atom stereocenters. The molecule has 0 fully saturated rings. The Kier molecular flexibility index (Phi) is 2.56. The fourth-order valence-corrected chi connectivity index (χ4v) is 2.33. The van der Waals surface area contributed by atoms with Gasteiger partial charge in [0.1, 0.15) is 0 Å². The van der Waals surface area contributed by atoms with E-state index in [1.54, 1.807) is 6.20 Å². The van der Waals surface area contributed by atoms with Crippen LogP contribution < -0.4 is 5.73 Å². The molecule has 3 rings (SSSR count). The van der Waals surface area contributed by atoms with Crippen LogP contribution in [0.1, 0.15) is 5.56 Å². The van der Waals surface area contributed by atoms with Gasteiger partial charge in [0.2, 0.25) is 5.89 Å². The molecule has 0 aliphatic carbocycles. The molecule has 0 radical (unpaired) electrons. The summed E-state index contributed by atoms with van der Waals surface area (Å²) in [5.41, 5.74) is 9.77. The van der Waals surface area contributed by atoms with Gasteiger partial charge in [-0.25, -0.2) is 4.98 Å². The van der Waals surface area contributed by atoms with Crippen molar-refractivity contribution >= 4 is 32.8 Å². The highest BCUT2D eigenvalue weighted by molar-refractivity contribution is 9.10. The number of nitrogens with two attached hydrogens (primary N) is 1. The Balaban J connectivity index is 2.20. The lowest BCUT2D eigenvalue weighted by Gasteiger charge is -2.04. The summed E-state index contributed by atoms with van der Waals surface area (Å²) in [5, 5.41) is 0. The van der Waals surface area contributed by atoms with Crippen LogP contribution in [-0.2, 0) is 0 Å². The Labute approximate surface area is 112 Å². The number of aromatic nitrogens is 2. The van der Waals surface area contributed by atoms with Crippen molar-refractivity contribution in [2.75, 3.05) is 5.73 Å². The van der Waals surface area contributed by atoms with Crippen LogP contribution in [0.5, 0.6) is 0 Å². The van der Waals surface area contributed by atoms with Gasteiger partial charge in [-0.1, -0.05) is 0 Å². The molecule has 2 heterocycles. The second-order valence-electron chi connectivity index (χ2n) is 4.03. The van der Waals surface area contributed by atoms with Crippen molar-refractivity contribution in [1.82, 2.24) is 9.97 Å². The normalized spacial score (nSPS) is 11.0. The van der Waals surface area contributed by atoms with Crippen LogP contribution in [0.2, 0.25) is 0 Å². The third kappa shape index (κ3) is 1.76. The zero-order valence-electron chi connectivity index (χ0n) is 9.64. The number of rotatable bonds is 1. The van der Waals surface area contributed by atoms with E-state index in [1.165, 1.54) is 0 Å². The van der Waals surface area contributed by atoms with Crippen LogP contribution in [-0.4, -0.2) is 9.97 Å². The van der Waals surface area contributed by atoms with Gasteiger partial charge in [-0.05, 0) is 52.7 Å². The van der Waals surface area contributed by atoms with Gasteiger partial charge >= 0.3 is 0 Å². The van der Waals surface area contributed by atoms with E-state index in [9.17, 15) is 0 Å². The monoisotopic (exact) mass is 303 g/mol. The second-order valence-corrected chi connectivity index (χ2v) is 4.89. The van der Waals surface area contributed by atoms with Crippen LogP contribution in [0.15, 0.2) is 39.4 Å². The first-order chi connectivity index (χ1) is 8.65. The number of nitrogens with zero attached hydrogens (tertiary/aromatic N) is 2. The number of hydrogen-bond acceptors (Lipinski definition) is 4. The van der Waals surface area contributed by atoms with Gasteiger partial charge in [-0.2, -0.15) is 4.98 Å². The average Bonchev–Trinajstić information content (AvgIpc) is 2.79. The van der Waals surface area contributed by atoms with Gasteiger partial charge in [0.25, 0.3) is 0 Å². The fourth-order valence-electron chi connectivity index (χ4n) is 1.77. The lowest BCUT2D eigenvalue weighted by atomic mass is 10.1. The molecular weight excluding hydrogens is 294 g/mol.